The van der Waals surface area contributed by atoms with Crippen LogP contribution >= 0.6 is 0 Å². The predicted octanol–water partition coefficient (Wildman–Crippen LogP) is 7.80. The van der Waals surface area contributed by atoms with Gasteiger partial charge < -0.3 is 14.5 Å². The number of H-pyrrole nitrogens is 1. The number of Topliss-reactive ketones (excluding diaryl/α,β-unsaturated/α-hetero) is 1. The number of aromatic amines is 1. The molecule has 0 bridgehead atoms. The molecule has 1 saturated heterocycles. The number of carbonyl (C=O) groups is 3. The Morgan fingerprint density at radius 3 is 2.18 bits per heavy atom. The van der Waals surface area contributed by atoms with Crippen molar-refractivity contribution in [1.82, 2.24) is 14.9 Å². The number of aromatic nitrogens is 2. The number of fused-ring (bicyclic) bond motifs is 3. The van der Waals surface area contributed by atoms with E-state index >= 15 is 0 Å². The van der Waals surface area contributed by atoms with Gasteiger partial charge in [0.1, 0.15) is 26.8 Å². The van der Waals surface area contributed by atoms with E-state index in [2.05, 4.69) is 34.1 Å². The highest BCUT2D eigenvalue weighted by atomic mass is 32.2. The molecule has 4 heterocycles. The third kappa shape index (κ3) is 8.59. The van der Waals surface area contributed by atoms with Gasteiger partial charge >= 0.3 is 12.0 Å². The Hall–Kier alpha value is -5.53. The van der Waals surface area contributed by atoms with Crippen molar-refractivity contribution < 1.29 is 32.3 Å². The first-order valence-electron chi connectivity index (χ1n) is 19.2. The zero-order chi connectivity index (χ0) is 40.6. The molecular formula is C44H49N5O7S. The van der Waals surface area contributed by atoms with Crippen LogP contribution in [0.5, 0.6) is 5.75 Å². The molecule has 2 aliphatic heterocycles. The summed E-state index contributed by atoms with van der Waals surface area (Å²) in [5.41, 5.74) is 7.65. The normalized spacial score (nSPS) is 15.5. The molecule has 0 saturated carbocycles. The number of sulfone groups is 1. The summed E-state index contributed by atoms with van der Waals surface area (Å²) in [6.07, 6.45) is 4.37. The van der Waals surface area contributed by atoms with E-state index in [-0.39, 0.29) is 36.5 Å². The highest BCUT2D eigenvalue weighted by Crippen LogP contribution is 2.44. The Bertz CT molecular complexity index is 2410. The maximum Gasteiger partial charge on any atom is 0.329 e. The average Bonchev–Trinajstić information content (AvgIpc) is 3.58. The Balaban J connectivity index is 1.19. The van der Waals surface area contributed by atoms with Crippen molar-refractivity contribution in [3.05, 3.63) is 95.7 Å². The zero-order valence-electron chi connectivity index (χ0n) is 33.3. The number of hydrogen-bond acceptors (Lipinski definition) is 9. The molecule has 7 rings (SSSR count). The number of urea groups is 1. The smallest absolute Gasteiger partial charge is 0.329 e. The van der Waals surface area contributed by atoms with Crippen molar-refractivity contribution in [1.29, 1.82) is 0 Å². The number of pyridine rings is 1. The van der Waals surface area contributed by atoms with Gasteiger partial charge in [-0.05, 0) is 99.8 Å². The summed E-state index contributed by atoms with van der Waals surface area (Å²) in [6.45, 7) is 7.85. The lowest BCUT2D eigenvalue weighted by Gasteiger charge is -2.35. The first kappa shape index (κ1) is 39.7. The van der Waals surface area contributed by atoms with Gasteiger partial charge in [0.2, 0.25) is 0 Å². The van der Waals surface area contributed by atoms with Crippen LogP contribution in [-0.2, 0) is 32.5 Å². The molecule has 5 aromatic rings. The SMILES string of the molecule is COc1ccc(-c2c(-c3ccc(CN4CCC(S(C)(=O)=O)CC4)cc3)[nH]c3ncc4c(c23)CN(c2ccc(C(=O)CCC(=O)OC(C)(C)C)cc2)C(=O)N4C)cc1. The van der Waals surface area contributed by atoms with Crippen LogP contribution in [0.2, 0.25) is 0 Å². The Morgan fingerprint density at radius 2 is 1.56 bits per heavy atom. The number of rotatable bonds is 11. The second-order valence-electron chi connectivity index (χ2n) is 15.9. The van der Waals surface area contributed by atoms with Crippen LogP contribution < -0.4 is 14.5 Å². The number of ether oxygens (including phenoxy) is 2. The van der Waals surface area contributed by atoms with E-state index in [4.69, 9.17) is 14.5 Å². The predicted molar refractivity (Wildman–Crippen MR) is 222 cm³/mol. The number of carbonyl (C=O) groups excluding carboxylic acids is 3. The molecule has 2 amide bonds. The first-order valence-corrected chi connectivity index (χ1v) is 21.1. The van der Waals surface area contributed by atoms with Crippen molar-refractivity contribution in [2.45, 2.75) is 70.4 Å². The van der Waals surface area contributed by atoms with Crippen LogP contribution in [0.15, 0.2) is 79.0 Å². The second-order valence-corrected chi connectivity index (χ2v) is 18.3. The maximum atomic E-state index is 13.9. The van der Waals surface area contributed by atoms with Gasteiger partial charge in [-0.25, -0.2) is 18.2 Å². The van der Waals surface area contributed by atoms with Crippen LogP contribution in [0.4, 0.5) is 16.2 Å². The van der Waals surface area contributed by atoms with E-state index in [0.717, 1.165) is 64.3 Å². The third-order valence-electron chi connectivity index (χ3n) is 10.7. The number of amides is 2. The molecule has 298 valence electrons. The molecule has 0 unspecified atom stereocenters. The van der Waals surface area contributed by atoms with Gasteiger partial charge in [0.05, 0.1) is 42.9 Å². The number of nitrogens with zero attached hydrogens (tertiary/aromatic N) is 4. The number of nitrogens with one attached hydrogen (secondary N) is 1. The maximum absolute atomic E-state index is 13.9. The molecule has 2 aliphatic rings. The molecule has 13 heteroatoms. The van der Waals surface area contributed by atoms with E-state index in [1.807, 2.05) is 24.3 Å². The molecular weight excluding hydrogens is 743 g/mol. The second kappa shape index (κ2) is 15.8. The van der Waals surface area contributed by atoms with E-state index < -0.39 is 21.4 Å². The van der Waals surface area contributed by atoms with E-state index in [1.165, 1.54) is 6.26 Å². The van der Waals surface area contributed by atoms with Gasteiger partial charge in [0.15, 0.2) is 5.78 Å². The molecule has 0 aliphatic carbocycles. The lowest BCUT2D eigenvalue weighted by Crippen LogP contribution is -2.45. The van der Waals surface area contributed by atoms with Gasteiger partial charge in [-0.1, -0.05) is 36.4 Å². The quantitative estimate of drug-likeness (QED) is 0.105. The van der Waals surface area contributed by atoms with Crippen molar-refractivity contribution in [2.75, 3.05) is 43.3 Å². The number of methoxy groups -OCH3 is 1. The van der Waals surface area contributed by atoms with Crippen molar-refractivity contribution in [2.24, 2.45) is 0 Å². The molecule has 12 nitrogen and oxygen atoms in total. The number of likely N-dealkylation sites (tertiary alicyclic amines) is 1. The zero-order valence-corrected chi connectivity index (χ0v) is 34.1. The minimum atomic E-state index is -3.03. The molecule has 0 atom stereocenters. The van der Waals surface area contributed by atoms with Crippen LogP contribution in [0.25, 0.3) is 33.4 Å². The number of piperidine rings is 1. The molecule has 3 aromatic carbocycles. The monoisotopic (exact) mass is 791 g/mol. The molecule has 2 aromatic heterocycles. The summed E-state index contributed by atoms with van der Waals surface area (Å²) in [6, 6.07) is 23.0. The summed E-state index contributed by atoms with van der Waals surface area (Å²) in [7, 11) is 0.340. The fourth-order valence-corrected chi connectivity index (χ4v) is 8.81. The molecule has 1 N–H and O–H groups in total. The fraction of sp³-hybridized carbons (Fsp3) is 0.364. The van der Waals surface area contributed by atoms with Gasteiger partial charge in [-0.3, -0.25) is 24.3 Å². The van der Waals surface area contributed by atoms with Crippen LogP contribution in [0.1, 0.15) is 67.9 Å². The summed E-state index contributed by atoms with van der Waals surface area (Å²) in [5, 5.41) is 0.627. The van der Waals surface area contributed by atoms with Crippen LogP contribution in [0.3, 0.4) is 0 Å². The third-order valence-corrected chi connectivity index (χ3v) is 12.4. The van der Waals surface area contributed by atoms with Crippen molar-refractivity contribution in [3.8, 4) is 28.1 Å². The van der Waals surface area contributed by atoms with E-state index in [1.54, 1.807) is 75.2 Å². The van der Waals surface area contributed by atoms with Gasteiger partial charge in [-0.2, -0.15) is 0 Å². The molecule has 0 radical (unpaired) electrons. The Morgan fingerprint density at radius 1 is 0.912 bits per heavy atom. The average molecular weight is 792 g/mol. The summed E-state index contributed by atoms with van der Waals surface area (Å²) in [4.78, 5) is 53.1. The summed E-state index contributed by atoms with van der Waals surface area (Å²) >= 11 is 0. The lowest BCUT2D eigenvalue weighted by molar-refractivity contribution is -0.154. The van der Waals surface area contributed by atoms with Crippen molar-refractivity contribution in [3.63, 3.8) is 0 Å². The topological polar surface area (TPSA) is 142 Å². The number of hydrogen-bond donors (Lipinski definition) is 1. The van der Waals surface area contributed by atoms with Gasteiger partial charge in [0.25, 0.3) is 0 Å². The summed E-state index contributed by atoms with van der Waals surface area (Å²) < 4.78 is 35.0. The Labute approximate surface area is 333 Å². The highest BCUT2D eigenvalue weighted by molar-refractivity contribution is 7.91. The molecule has 0 spiro atoms. The Kier molecular flexibility index (Phi) is 11.0. The summed E-state index contributed by atoms with van der Waals surface area (Å²) in [5.74, 6) is 0.126. The lowest BCUT2D eigenvalue weighted by atomic mass is 9.94. The number of ketones is 1. The number of esters is 1. The van der Waals surface area contributed by atoms with Gasteiger partial charge in [0, 0.05) is 54.0 Å². The van der Waals surface area contributed by atoms with Crippen LogP contribution in [-0.4, -0.2) is 85.4 Å². The van der Waals surface area contributed by atoms with Gasteiger partial charge in [-0.15, -0.1) is 0 Å². The fourth-order valence-electron chi connectivity index (χ4n) is 7.74. The van der Waals surface area contributed by atoms with Crippen molar-refractivity contribution >= 4 is 50.0 Å². The van der Waals surface area contributed by atoms with E-state index in [9.17, 15) is 22.8 Å². The van der Waals surface area contributed by atoms with E-state index in [0.29, 0.717) is 35.4 Å². The minimum absolute atomic E-state index is 0.0126. The number of benzene rings is 3. The molecule has 57 heavy (non-hydrogen) atoms. The standard InChI is InChI=1S/C44H49N5O7S/c1-44(2,3)56-38(51)20-19-37(50)29-11-15-32(16-12-29)49-27-35-36(47(4)43(49)52)25-45-42-40(35)39(30-13-17-33(55-5)18-14-30)41(46-42)31-9-7-28(8-10-31)26-48-23-21-34(22-24-48)57(6,53)54/h7-18,25,34H,19-24,26-27H2,1-6H3,(H,45,46). The first-order chi connectivity index (χ1) is 27.1. The number of anilines is 2. The van der Waals surface area contributed by atoms with Crippen LogP contribution in [0, 0.1) is 0 Å². The highest BCUT2D eigenvalue weighted by Gasteiger charge is 2.33. The minimum Gasteiger partial charge on any atom is -0.497 e. The molecule has 1 fully saturated rings. The largest absolute Gasteiger partial charge is 0.497 e.